The number of piperidine rings is 1. The molecule has 4 rings (SSSR count). The van der Waals surface area contributed by atoms with Crippen LogP contribution in [0, 0.1) is 5.92 Å². The second-order valence-electron chi connectivity index (χ2n) is 9.66. The van der Waals surface area contributed by atoms with Gasteiger partial charge in [-0.05, 0) is 58.4 Å². The molecule has 1 saturated heterocycles. The molecule has 1 aliphatic carbocycles. The number of hydrogen-bond donors (Lipinski definition) is 1. The van der Waals surface area contributed by atoms with Gasteiger partial charge in [-0.2, -0.15) is 10.2 Å². The second-order valence-corrected chi connectivity index (χ2v) is 9.66. The average molecular weight is 413 g/mol. The van der Waals surface area contributed by atoms with Gasteiger partial charge in [0.25, 0.3) is 11.8 Å². The van der Waals surface area contributed by atoms with Crippen molar-refractivity contribution in [3.8, 4) is 0 Å². The van der Waals surface area contributed by atoms with Crippen LogP contribution in [0.15, 0.2) is 18.5 Å². The fraction of sp³-hybridized carbons (Fsp3) is 0.636. The number of hydrogen-bond acceptors (Lipinski definition) is 4. The topological polar surface area (TPSA) is 85.0 Å². The lowest BCUT2D eigenvalue weighted by molar-refractivity contribution is 0.0677. The van der Waals surface area contributed by atoms with Gasteiger partial charge in [-0.25, -0.2) is 0 Å². The Balaban J connectivity index is 1.32. The van der Waals surface area contributed by atoms with Gasteiger partial charge in [0.15, 0.2) is 5.69 Å². The van der Waals surface area contributed by atoms with Crippen LogP contribution in [0.25, 0.3) is 0 Å². The third-order valence-corrected chi connectivity index (χ3v) is 6.01. The van der Waals surface area contributed by atoms with E-state index >= 15 is 0 Å². The maximum atomic E-state index is 13.1. The van der Waals surface area contributed by atoms with E-state index in [1.165, 1.54) is 18.5 Å². The minimum absolute atomic E-state index is 0.0257. The predicted octanol–water partition coefficient (Wildman–Crippen LogP) is 2.53. The van der Waals surface area contributed by atoms with Gasteiger partial charge in [-0.3, -0.25) is 19.0 Å². The van der Waals surface area contributed by atoms with Crippen molar-refractivity contribution in [1.82, 2.24) is 29.8 Å². The van der Waals surface area contributed by atoms with Crippen LogP contribution in [-0.4, -0.2) is 55.9 Å². The lowest BCUT2D eigenvalue weighted by atomic mass is 9.96. The van der Waals surface area contributed by atoms with Crippen LogP contribution in [0.4, 0.5) is 0 Å². The lowest BCUT2D eigenvalue weighted by Gasteiger charge is -2.31. The average Bonchev–Trinajstić information content (AvgIpc) is 3.29. The number of nitrogens with zero attached hydrogens (tertiary/aromatic N) is 5. The van der Waals surface area contributed by atoms with E-state index in [9.17, 15) is 9.59 Å². The largest absolute Gasteiger partial charge is 0.352 e. The summed E-state index contributed by atoms with van der Waals surface area (Å²) in [7, 11) is 1.79. The summed E-state index contributed by atoms with van der Waals surface area (Å²) in [6.45, 7) is 8.42. The molecule has 1 saturated carbocycles. The van der Waals surface area contributed by atoms with Crippen molar-refractivity contribution in [2.45, 2.75) is 57.9 Å². The summed E-state index contributed by atoms with van der Waals surface area (Å²) in [4.78, 5) is 27.2. The van der Waals surface area contributed by atoms with Crippen LogP contribution in [0.3, 0.4) is 0 Å². The van der Waals surface area contributed by atoms with E-state index in [0.717, 1.165) is 12.8 Å². The molecule has 2 amide bonds. The quantitative estimate of drug-likeness (QED) is 0.818. The first-order valence-electron chi connectivity index (χ1n) is 10.9. The first kappa shape index (κ1) is 20.6. The van der Waals surface area contributed by atoms with E-state index in [2.05, 4.69) is 31.2 Å². The molecular formula is C22H32N6O2. The highest BCUT2D eigenvalue weighted by atomic mass is 16.2. The Hall–Kier alpha value is -2.64. The van der Waals surface area contributed by atoms with Crippen LogP contribution < -0.4 is 5.32 Å². The SMILES string of the molecule is Cn1cc(C(=O)NCC2CCN(C(=O)c3cc(C4CC4)n(C(C)(C)C)n3)CC2)cn1. The minimum Gasteiger partial charge on any atom is -0.352 e. The van der Waals surface area contributed by atoms with Gasteiger partial charge in [0.05, 0.1) is 17.3 Å². The van der Waals surface area contributed by atoms with Crippen LogP contribution in [0.1, 0.15) is 78.9 Å². The summed E-state index contributed by atoms with van der Waals surface area (Å²) in [5.41, 5.74) is 2.20. The monoisotopic (exact) mass is 412 g/mol. The lowest BCUT2D eigenvalue weighted by Crippen LogP contribution is -2.41. The van der Waals surface area contributed by atoms with Crippen molar-refractivity contribution in [3.63, 3.8) is 0 Å². The molecule has 8 nitrogen and oxygen atoms in total. The Kier molecular flexibility index (Phi) is 5.42. The molecule has 3 heterocycles. The molecular weight excluding hydrogens is 380 g/mol. The third kappa shape index (κ3) is 4.42. The normalized spacial score (nSPS) is 17.9. The number of carbonyl (C=O) groups excluding carboxylic acids is 2. The van der Waals surface area contributed by atoms with E-state index in [-0.39, 0.29) is 17.4 Å². The Morgan fingerprint density at radius 3 is 2.43 bits per heavy atom. The molecule has 2 fully saturated rings. The first-order chi connectivity index (χ1) is 14.2. The van der Waals surface area contributed by atoms with Gasteiger partial charge in [-0.15, -0.1) is 0 Å². The zero-order valence-corrected chi connectivity index (χ0v) is 18.4. The van der Waals surface area contributed by atoms with Crippen molar-refractivity contribution in [3.05, 3.63) is 35.4 Å². The van der Waals surface area contributed by atoms with Crippen LogP contribution in [0.2, 0.25) is 0 Å². The fourth-order valence-corrected chi connectivity index (χ4v) is 4.09. The first-order valence-corrected chi connectivity index (χ1v) is 10.9. The molecule has 2 aliphatic rings. The van der Waals surface area contributed by atoms with Crippen molar-refractivity contribution >= 4 is 11.8 Å². The highest BCUT2D eigenvalue weighted by Gasteiger charge is 2.34. The van der Waals surface area contributed by atoms with E-state index in [4.69, 9.17) is 5.10 Å². The van der Waals surface area contributed by atoms with Crippen molar-refractivity contribution in [2.24, 2.45) is 13.0 Å². The molecule has 2 aromatic heterocycles. The molecule has 0 aromatic carbocycles. The zero-order valence-electron chi connectivity index (χ0n) is 18.4. The molecule has 0 spiro atoms. The van der Waals surface area contributed by atoms with Crippen LogP contribution in [-0.2, 0) is 12.6 Å². The molecule has 0 radical (unpaired) electrons. The van der Waals surface area contributed by atoms with E-state index in [0.29, 0.717) is 42.7 Å². The highest BCUT2D eigenvalue weighted by Crippen LogP contribution is 2.41. The summed E-state index contributed by atoms with van der Waals surface area (Å²) in [6, 6.07) is 2.01. The van der Waals surface area contributed by atoms with Gasteiger partial charge in [0, 0.05) is 44.5 Å². The summed E-state index contributed by atoms with van der Waals surface area (Å²) >= 11 is 0. The standard InChI is InChI=1S/C22H32N6O2/c1-22(2,3)28-19(16-5-6-16)11-18(25-28)21(30)27-9-7-15(8-10-27)12-23-20(29)17-13-24-26(4)14-17/h11,13-16H,5-10,12H2,1-4H3,(H,23,29). The number of amides is 2. The molecule has 2 aromatic rings. The highest BCUT2D eigenvalue weighted by molar-refractivity contribution is 5.93. The summed E-state index contributed by atoms with van der Waals surface area (Å²) in [6.07, 6.45) is 7.42. The minimum atomic E-state index is -0.129. The molecule has 1 N–H and O–H groups in total. The van der Waals surface area contributed by atoms with Crippen molar-refractivity contribution < 1.29 is 9.59 Å². The van der Waals surface area contributed by atoms with Crippen LogP contribution >= 0.6 is 0 Å². The smallest absolute Gasteiger partial charge is 0.274 e. The molecule has 0 atom stereocenters. The van der Waals surface area contributed by atoms with Gasteiger partial charge < -0.3 is 10.2 Å². The zero-order chi connectivity index (χ0) is 21.5. The Labute approximate surface area is 177 Å². The maximum Gasteiger partial charge on any atom is 0.274 e. The number of likely N-dealkylation sites (tertiary alicyclic amines) is 1. The Morgan fingerprint density at radius 1 is 1.17 bits per heavy atom. The van der Waals surface area contributed by atoms with E-state index in [1.807, 2.05) is 15.6 Å². The molecule has 162 valence electrons. The van der Waals surface area contributed by atoms with Crippen molar-refractivity contribution in [1.29, 1.82) is 0 Å². The molecule has 30 heavy (non-hydrogen) atoms. The van der Waals surface area contributed by atoms with Gasteiger partial charge >= 0.3 is 0 Å². The predicted molar refractivity (Wildman–Crippen MR) is 113 cm³/mol. The number of aromatic nitrogens is 4. The Bertz CT molecular complexity index is 926. The summed E-state index contributed by atoms with van der Waals surface area (Å²) in [5, 5.41) is 11.7. The maximum absolute atomic E-state index is 13.1. The molecule has 0 bridgehead atoms. The fourth-order valence-electron chi connectivity index (χ4n) is 4.09. The van der Waals surface area contributed by atoms with Gasteiger partial charge in [0.1, 0.15) is 0 Å². The van der Waals surface area contributed by atoms with E-state index < -0.39 is 0 Å². The number of rotatable bonds is 5. The number of nitrogens with one attached hydrogen (secondary N) is 1. The molecule has 1 aliphatic heterocycles. The third-order valence-electron chi connectivity index (χ3n) is 6.01. The van der Waals surface area contributed by atoms with Gasteiger partial charge in [-0.1, -0.05) is 0 Å². The second kappa shape index (κ2) is 7.89. The molecule has 0 unspecified atom stereocenters. The number of aryl methyl sites for hydroxylation is 1. The van der Waals surface area contributed by atoms with Crippen molar-refractivity contribution in [2.75, 3.05) is 19.6 Å². The number of carbonyl (C=O) groups is 2. The summed E-state index contributed by atoms with van der Waals surface area (Å²) in [5.74, 6) is 0.857. The van der Waals surface area contributed by atoms with E-state index in [1.54, 1.807) is 24.1 Å². The summed E-state index contributed by atoms with van der Waals surface area (Å²) < 4.78 is 3.66. The molecule has 8 heteroatoms. The van der Waals surface area contributed by atoms with Gasteiger partial charge in [0.2, 0.25) is 0 Å². The Morgan fingerprint density at radius 2 is 1.87 bits per heavy atom. The van der Waals surface area contributed by atoms with Crippen LogP contribution in [0.5, 0.6) is 0 Å².